The van der Waals surface area contributed by atoms with Gasteiger partial charge in [-0.1, -0.05) is 55.5 Å². The molecule has 0 saturated heterocycles. The van der Waals surface area contributed by atoms with Crippen LogP contribution in [-0.4, -0.2) is 64.7 Å². The molecule has 41 heavy (non-hydrogen) atoms. The number of ether oxygens (including phenoxy) is 2. The molecule has 1 saturated carbocycles. The highest BCUT2D eigenvalue weighted by molar-refractivity contribution is 5.93. The smallest absolute Gasteiger partial charge is 0.408 e. The number of para-hydroxylation sites is 1. The Morgan fingerprint density at radius 1 is 1.05 bits per heavy atom. The summed E-state index contributed by atoms with van der Waals surface area (Å²) < 4.78 is 10.4. The fourth-order valence-electron chi connectivity index (χ4n) is 4.61. The van der Waals surface area contributed by atoms with E-state index in [2.05, 4.69) is 10.6 Å². The van der Waals surface area contributed by atoms with Gasteiger partial charge in [-0.2, -0.15) is 0 Å². The van der Waals surface area contributed by atoms with Crippen LogP contribution in [0.15, 0.2) is 54.6 Å². The number of hydrogen-bond acceptors (Lipinski definition) is 7. The average molecular weight is 568 g/mol. The maximum atomic E-state index is 14.4. The van der Waals surface area contributed by atoms with Gasteiger partial charge in [-0.3, -0.25) is 14.4 Å². The van der Waals surface area contributed by atoms with Gasteiger partial charge in [-0.25, -0.2) is 4.79 Å². The highest BCUT2D eigenvalue weighted by Crippen LogP contribution is 2.42. The van der Waals surface area contributed by atoms with Gasteiger partial charge in [-0.05, 0) is 51.7 Å². The average Bonchev–Trinajstić information content (AvgIpc) is 3.62. The summed E-state index contributed by atoms with van der Waals surface area (Å²) in [5.74, 6) is -1.55. The molecule has 4 unspecified atom stereocenters. The number of nitrogens with zero attached hydrogens (tertiary/aromatic N) is 1. The monoisotopic (exact) mass is 567 g/mol. The van der Waals surface area contributed by atoms with Gasteiger partial charge in [0.25, 0.3) is 0 Å². The van der Waals surface area contributed by atoms with E-state index in [1.165, 1.54) is 11.0 Å². The van der Waals surface area contributed by atoms with Crippen molar-refractivity contribution in [2.24, 2.45) is 5.92 Å². The van der Waals surface area contributed by atoms with E-state index in [1.807, 2.05) is 37.3 Å². The Morgan fingerprint density at radius 3 is 2.27 bits per heavy atom. The molecule has 3 N–H and O–H groups in total. The molecule has 3 rings (SSSR count). The van der Waals surface area contributed by atoms with E-state index < -0.39 is 41.6 Å². The van der Waals surface area contributed by atoms with Crippen LogP contribution >= 0.6 is 0 Å². The lowest BCUT2D eigenvalue weighted by Gasteiger charge is -2.35. The van der Waals surface area contributed by atoms with Crippen LogP contribution in [0.5, 0.6) is 5.75 Å². The van der Waals surface area contributed by atoms with Crippen molar-refractivity contribution in [2.45, 2.75) is 77.6 Å². The van der Waals surface area contributed by atoms with E-state index in [9.17, 15) is 24.3 Å². The number of esters is 1. The SMILES string of the molecule is CCOC(=O)CCNC(=O)C(c1ccccc1O)N(C(=O)C(Cc1ccccc1)NC(=O)OC(C)(C)C)C1CC1C. The number of aromatic hydroxyl groups is 1. The van der Waals surface area contributed by atoms with Crippen molar-refractivity contribution in [2.75, 3.05) is 13.2 Å². The number of hydrogen-bond donors (Lipinski definition) is 3. The van der Waals surface area contributed by atoms with E-state index in [-0.39, 0.29) is 49.3 Å². The van der Waals surface area contributed by atoms with Crippen LogP contribution in [0.25, 0.3) is 0 Å². The Bertz CT molecular complexity index is 1210. The van der Waals surface area contributed by atoms with Crippen molar-refractivity contribution in [3.05, 3.63) is 65.7 Å². The number of rotatable bonds is 12. The molecule has 10 heteroatoms. The summed E-state index contributed by atoms with van der Waals surface area (Å²) >= 11 is 0. The molecule has 4 atom stereocenters. The lowest BCUT2D eigenvalue weighted by atomic mass is 9.99. The summed E-state index contributed by atoms with van der Waals surface area (Å²) in [6, 6.07) is 13.0. The molecule has 0 heterocycles. The lowest BCUT2D eigenvalue weighted by molar-refractivity contribution is -0.145. The number of nitrogens with one attached hydrogen (secondary N) is 2. The highest BCUT2D eigenvalue weighted by atomic mass is 16.6. The van der Waals surface area contributed by atoms with Gasteiger partial charge in [0.1, 0.15) is 23.4 Å². The normalized spacial score (nSPS) is 17.5. The van der Waals surface area contributed by atoms with Crippen molar-refractivity contribution in [3.8, 4) is 5.75 Å². The van der Waals surface area contributed by atoms with Crippen molar-refractivity contribution >= 4 is 23.9 Å². The summed E-state index contributed by atoms with van der Waals surface area (Å²) in [4.78, 5) is 54.3. The molecule has 222 valence electrons. The van der Waals surface area contributed by atoms with Gasteiger partial charge in [0.2, 0.25) is 11.8 Å². The van der Waals surface area contributed by atoms with Crippen LogP contribution in [0.3, 0.4) is 0 Å². The second-order valence-corrected chi connectivity index (χ2v) is 11.2. The van der Waals surface area contributed by atoms with E-state index in [0.29, 0.717) is 6.42 Å². The van der Waals surface area contributed by atoms with E-state index in [0.717, 1.165) is 5.56 Å². The van der Waals surface area contributed by atoms with Crippen LogP contribution in [0, 0.1) is 5.92 Å². The van der Waals surface area contributed by atoms with Gasteiger partial charge in [0.05, 0.1) is 13.0 Å². The predicted molar refractivity (Wildman–Crippen MR) is 153 cm³/mol. The number of phenolic OH excluding ortho intramolecular Hbond substituents is 1. The van der Waals surface area contributed by atoms with Crippen molar-refractivity contribution in [1.29, 1.82) is 0 Å². The predicted octanol–water partition coefficient (Wildman–Crippen LogP) is 3.88. The molecule has 10 nitrogen and oxygen atoms in total. The number of phenols is 1. The molecule has 2 aromatic rings. The molecule has 3 amide bonds. The minimum atomic E-state index is -1.21. The van der Waals surface area contributed by atoms with Crippen LogP contribution in [0.1, 0.15) is 64.6 Å². The Balaban J connectivity index is 1.98. The van der Waals surface area contributed by atoms with E-state index in [1.54, 1.807) is 45.9 Å². The number of carbonyl (C=O) groups excluding carboxylic acids is 4. The highest BCUT2D eigenvalue weighted by Gasteiger charge is 2.48. The summed E-state index contributed by atoms with van der Waals surface area (Å²) in [6.07, 6.45) is 0.0105. The molecule has 1 aliphatic carbocycles. The Kier molecular flexibility index (Phi) is 10.7. The van der Waals surface area contributed by atoms with Crippen molar-refractivity contribution < 1.29 is 33.8 Å². The minimum Gasteiger partial charge on any atom is -0.508 e. The first kappa shape index (κ1) is 31.4. The van der Waals surface area contributed by atoms with Crippen LogP contribution in [-0.2, 0) is 30.3 Å². The largest absolute Gasteiger partial charge is 0.508 e. The zero-order valence-corrected chi connectivity index (χ0v) is 24.4. The zero-order valence-electron chi connectivity index (χ0n) is 24.4. The summed E-state index contributed by atoms with van der Waals surface area (Å²) in [5, 5.41) is 16.2. The van der Waals surface area contributed by atoms with Crippen molar-refractivity contribution in [1.82, 2.24) is 15.5 Å². The standard InChI is InChI=1S/C31H41N3O7/c1-6-40-26(36)16-17-32-28(37)27(22-14-10-11-15-25(22)35)34(24-18-20(24)2)29(38)23(19-21-12-8-7-9-13-21)33-30(39)41-31(3,4)5/h7-15,20,23-24,27,35H,6,16-19H2,1-5H3,(H,32,37)(H,33,39). The number of carbonyl (C=O) groups is 4. The van der Waals surface area contributed by atoms with Crippen LogP contribution < -0.4 is 10.6 Å². The van der Waals surface area contributed by atoms with Crippen LogP contribution in [0.4, 0.5) is 4.79 Å². The molecular formula is C31H41N3O7. The van der Waals surface area contributed by atoms with Gasteiger partial charge in [0.15, 0.2) is 0 Å². The molecule has 0 bridgehead atoms. The van der Waals surface area contributed by atoms with Crippen molar-refractivity contribution in [3.63, 3.8) is 0 Å². The third-order valence-electron chi connectivity index (χ3n) is 6.64. The first-order valence-corrected chi connectivity index (χ1v) is 14.0. The topological polar surface area (TPSA) is 134 Å². The summed E-state index contributed by atoms with van der Waals surface area (Å²) in [5.41, 5.74) is 0.264. The zero-order chi connectivity index (χ0) is 30.2. The fourth-order valence-corrected chi connectivity index (χ4v) is 4.61. The quantitative estimate of drug-likeness (QED) is 0.332. The summed E-state index contributed by atoms with van der Waals surface area (Å²) in [7, 11) is 0. The molecule has 0 spiro atoms. The van der Waals surface area contributed by atoms with Crippen LogP contribution in [0.2, 0.25) is 0 Å². The van der Waals surface area contributed by atoms with Gasteiger partial charge >= 0.3 is 12.1 Å². The first-order valence-electron chi connectivity index (χ1n) is 14.0. The molecule has 0 aliphatic heterocycles. The minimum absolute atomic E-state index is 0.00633. The molecular weight excluding hydrogens is 526 g/mol. The maximum Gasteiger partial charge on any atom is 0.408 e. The molecule has 1 fully saturated rings. The second-order valence-electron chi connectivity index (χ2n) is 11.2. The first-order chi connectivity index (χ1) is 19.4. The maximum absolute atomic E-state index is 14.4. The van der Waals surface area contributed by atoms with Gasteiger partial charge < -0.3 is 30.1 Å². The van der Waals surface area contributed by atoms with E-state index in [4.69, 9.17) is 9.47 Å². The molecule has 0 aromatic heterocycles. The molecule has 1 aliphatic rings. The second kappa shape index (κ2) is 14.0. The van der Waals surface area contributed by atoms with Gasteiger partial charge in [0, 0.05) is 24.6 Å². The third-order valence-corrected chi connectivity index (χ3v) is 6.64. The lowest BCUT2D eigenvalue weighted by Crippen LogP contribution is -2.54. The molecule has 0 radical (unpaired) electrons. The fraction of sp³-hybridized carbons (Fsp3) is 0.484. The Hall–Kier alpha value is -4.08. The summed E-state index contributed by atoms with van der Waals surface area (Å²) in [6.45, 7) is 9.08. The molecule has 2 aromatic carbocycles. The number of alkyl carbamates (subject to hydrolysis) is 1. The van der Waals surface area contributed by atoms with E-state index >= 15 is 0 Å². The van der Waals surface area contributed by atoms with Gasteiger partial charge in [-0.15, -0.1) is 0 Å². The Morgan fingerprint density at radius 2 is 1.68 bits per heavy atom. The number of benzene rings is 2. The Labute approximate surface area is 241 Å². The number of amides is 3. The third kappa shape index (κ3) is 9.23.